The van der Waals surface area contributed by atoms with Gasteiger partial charge < -0.3 is 4.42 Å². The van der Waals surface area contributed by atoms with E-state index in [9.17, 15) is 0 Å². The Balaban J connectivity index is 3.05. The number of rotatable bonds is 2. The summed E-state index contributed by atoms with van der Waals surface area (Å²) in [6.45, 7) is 1.89. The van der Waals surface area contributed by atoms with Crippen LogP contribution in [0.25, 0.3) is 5.03 Å². The van der Waals surface area contributed by atoms with Crippen molar-refractivity contribution in [1.82, 2.24) is 0 Å². The van der Waals surface area contributed by atoms with E-state index in [-0.39, 0.29) is 0 Å². The van der Waals surface area contributed by atoms with Crippen LogP contribution in [-0.2, 0) is 0 Å². The minimum atomic E-state index is 0.480. The fraction of sp³-hybridized carbons (Fsp3) is 0.222. The minimum Gasteiger partial charge on any atom is -0.472 e. The van der Waals surface area contributed by atoms with Crippen molar-refractivity contribution >= 4 is 16.6 Å². The van der Waals surface area contributed by atoms with E-state index in [1.54, 1.807) is 6.07 Å². The van der Waals surface area contributed by atoms with Crippen LogP contribution in [0, 0.1) is 11.3 Å². The fourth-order valence-electron chi connectivity index (χ4n) is 0.847. The molecule has 0 saturated carbocycles. The highest BCUT2D eigenvalue weighted by Gasteiger charge is 2.05. The molecular formula is C9H8ClNO. The predicted octanol–water partition coefficient (Wildman–Crippen LogP) is 3.16. The first kappa shape index (κ1) is 8.89. The molecular weight excluding hydrogens is 174 g/mol. The quantitative estimate of drug-likeness (QED) is 0.658. The van der Waals surface area contributed by atoms with Crippen molar-refractivity contribution in [2.45, 2.75) is 13.3 Å². The monoisotopic (exact) mass is 181 g/mol. The molecule has 0 unspecified atom stereocenters. The van der Waals surface area contributed by atoms with Gasteiger partial charge in [0.1, 0.15) is 0 Å². The standard InChI is InChI=1S/C9H8ClNO/c1-2-7(5-11)9(10)8-3-4-12-6-8/h3-4,6H,2H2,1H3. The summed E-state index contributed by atoms with van der Waals surface area (Å²) in [5.41, 5.74) is 1.34. The Morgan fingerprint density at radius 1 is 1.75 bits per heavy atom. The van der Waals surface area contributed by atoms with E-state index >= 15 is 0 Å². The van der Waals surface area contributed by atoms with Gasteiger partial charge in [0.25, 0.3) is 0 Å². The van der Waals surface area contributed by atoms with Gasteiger partial charge in [0.05, 0.1) is 23.6 Å². The molecule has 0 radical (unpaired) electrons. The van der Waals surface area contributed by atoms with Gasteiger partial charge >= 0.3 is 0 Å². The van der Waals surface area contributed by atoms with Crippen molar-refractivity contribution in [3.05, 3.63) is 29.7 Å². The number of allylic oxidation sites excluding steroid dienone is 1. The highest BCUT2D eigenvalue weighted by Crippen LogP contribution is 2.24. The Kier molecular flexibility index (Phi) is 2.95. The fourth-order valence-corrected chi connectivity index (χ4v) is 1.13. The molecule has 0 N–H and O–H groups in total. The SMILES string of the molecule is CCC(C#N)=C(Cl)c1ccoc1. The maximum Gasteiger partial charge on any atom is 0.0990 e. The Hall–Kier alpha value is -1.20. The van der Waals surface area contributed by atoms with Crippen LogP contribution in [0.2, 0.25) is 0 Å². The summed E-state index contributed by atoms with van der Waals surface area (Å²) in [5, 5.41) is 9.15. The lowest BCUT2D eigenvalue weighted by Gasteiger charge is -1.95. The normalized spacial score (nSPS) is 12.1. The summed E-state index contributed by atoms with van der Waals surface area (Å²) in [6.07, 6.45) is 3.69. The van der Waals surface area contributed by atoms with Crippen LogP contribution in [0.4, 0.5) is 0 Å². The van der Waals surface area contributed by atoms with Crippen molar-refractivity contribution in [3.63, 3.8) is 0 Å². The van der Waals surface area contributed by atoms with Crippen LogP contribution >= 0.6 is 11.6 Å². The van der Waals surface area contributed by atoms with Crippen molar-refractivity contribution in [3.8, 4) is 6.07 Å². The Labute approximate surface area is 76.1 Å². The molecule has 0 bridgehead atoms. The topological polar surface area (TPSA) is 36.9 Å². The molecule has 2 nitrogen and oxygen atoms in total. The van der Waals surface area contributed by atoms with Crippen molar-refractivity contribution in [1.29, 1.82) is 5.26 Å². The first-order chi connectivity index (χ1) is 5.79. The Morgan fingerprint density at radius 3 is 2.92 bits per heavy atom. The summed E-state index contributed by atoms with van der Waals surface area (Å²) in [6, 6.07) is 3.78. The molecule has 12 heavy (non-hydrogen) atoms. The third-order valence-corrected chi connectivity index (χ3v) is 1.97. The van der Waals surface area contributed by atoms with Crippen LogP contribution in [0.5, 0.6) is 0 Å². The number of nitrogens with zero attached hydrogens (tertiary/aromatic N) is 1. The average molecular weight is 182 g/mol. The van der Waals surface area contributed by atoms with Crippen LogP contribution in [-0.4, -0.2) is 0 Å². The number of hydrogen-bond acceptors (Lipinski definition) is 2. The summed E-state index contributed by atoms with van der Waals surface area (Å²) < 4.78 is 4.85. The minimum absolute atomic E-state index is 0.480. The molecule has 1 aromatic heterocycles. The zero-order valence-corrected chi connectivity index (χ0v) is 7.43. The van der Waals surface area contributed by atoms with E-state index < -0.39 is 0 Å². The smallest absolute Gasteiger partial charge is 0.0990 e. The number of furan rings is 1. The second kappa shape index (κ2) is 3.99. The maximum absolute atomic E-state index is 8.67. The summed E-state index contributed by atoms with van der Waals surface area (Å²) >= 11 is 5.91. The average Bonchev–Trinajstić information content (AvgIpc) is 2.58. The van der Waals surface area contributed by atoms with Crippen molar-refractivity contribution in [2.75, 3.05) is 0 Å². The van der Waals surface area contributed by atoms with Crippen LogP contribution in [0.3, 0.4) is 0 Å². The first-order valence-corrected chi connectivity index (χ1v) is 3.98. The maximum atomic E-state index is 8.67. The predicted molar refractivity (Wildman–Crippen MR) is 47.4 cm³/mol. The van der Waals surface area contributed by atoms with Gasteiger partial charge in [0, 0.05) is 11.1 Å². The van der Waals surface area contributed by atoms with Crippen molar-refractivity contribution < 1.29 is 4.42 Å². The highest BCUT2D eigenvalue weighted by molar-refractivity contribution is 6.49. The van der Waals surface area contributed by atoms with E-state index in [4.69, 9.17) is 21.3 Å². The van der Waals surface area contributed by atoms with Gasteiger partial charge in [0.15, 0.2) is 0 Å². The lowest BCUT2D eigenvalue weighted by Crippen LogP contribution is -1.80. The molecule has 1 rings (SSSR count). The van der Waals surface area contributed by atoms with Gasteiger partial charge in [-0.25, -0.2) is 0 Å². The molecule has 1 aromatic rings. The van der Waals surface area contributed by atoms with Crippen molar-refractivity contribution in [2.24, 2.45) is 0 Å². The lowest BCUT2D eigenvalue weighted by atomic mass is 10.1. The molecule has 0 amide bonds. The van der Waals surface area contributed by atoms with Gasteiger partial charge in [-0.05, 0) is 12.5 Å². The van der Waals surface area contributed by atoms with E-state index in [0.717, 1.165) is 5.56 Å². The molecule has 0 spiro atoms. The van der Waals surface area contributed by atoms with Crippen LogP contribution in [0.15, 0.2) is 28.6 Å². The van der Waals surface area contributed by atoms with Crippen LogP contribution in [0.1, 0.15) is 18.9 Å². The second-order valence-corrected chi connectivity index (χ2v) is 2.65. The van der Waals surface area contributed by atoms with Gasteiger partial charge in [-0.15, -0.1) is 0 Å². The summed E-state index contributed by atoms with van der Waals surface area (Å²) in [4.78, 5) is 0. The van der Waals surface area contributed by atoms with Gasteiger partial charge in [0.2, 0.25) is 0 Å². The molecule has 0 aliphatic heterocycles. The molecule has 0 saturated heterocycles. The number of halogens is 1. The van der Waals surface area contributed by atoms with Gasteiger partial charge in [-0.2, -0.15) is 5.26 Å². The summed E-state index contributed by atoms with van der Waals surface area (Å²) in [5.74, 6) is 0. The highest BCUT2D eigenvalue weighted by atomic mass is 35.5. The zero-order chi connectivity index (χ0) is 8.97. The third-order valence-electron chi connectivity index (χ3n) is 1.53. The molecule has 0 aliphatic carbocycles. The molecule has 0 fully saturated rings. The van der Waals surface area contributed by atoms with E-state index in [2.05, 4.69) is 0 Å². The first-order valence-electron chi connectivity index (χ1n) is 3.61. The Morgan fingerprint density at radius 2 is 2.50 bits per heavy atom. The molecule has 0 aromatic carbocycles. The molecule has 0 aliphatic rings. The molecule has 1 heterocycles. The third kappa shape index (κ3) is 1.69. The van der Waals surface area contributed by atoms with Gasteiger partial charge in [-0.1, -0.05) is 18.5 Å². The van der Waals surface area contributed by atoms with Gasteiger partial charge in [-0.3, -0.25) is 0 Å². The zero-order valence-electron chi connectivity index (χ0n) is 6.67. The summed E-state index contributed by atoms with van der Waals surface area (Å²) in [7, 11) is 0. The van der Waals surface area contributed by atoms with E-state index in [1.807, 2.05) is 13.0 Å². The van der Waals surface area contributed by atoms with Crippen LogP contribution < -0.4 is 0 Å². The lowest BCUT2D eigenvalue weighted by molar-refractivity contribution is 0.566. The Bertz CT molecular complexity index is 319. The molecule has 0 atom stereocenters. The van der Waals surface area contributed by atoms with E-state index in [0.29, 0.717) is 17.0 Å². The van der Waals surface area contributed by atoms with E-state index in [1.165, 1.54) is 12.5 Å². The molecule has 62 valence electrons. The second-order valence-electron chi connectivity index (χ2n) is 2.27. The largest absolute Gasteiger partial charge is 0.472 e. The number of hydrogen-bond donors (Lipinski definition) is 0. The number of nitriles is 1. The molecule has 3 heteroatoms.